The van der Waals surface area contributed by atoms with Crippen molar-refractivity contribution >= 4 is 5.82 Å². The van der Waals surface area contributed by atoms with Crippen molar-refractivity contribution in [1.29, 1.82) is 0 Å². The molecule has 0 aromatic carbocycles. The van der Waals surface area contributed by atoms with Crippen LogP contribution in [0.15, 0.2) is 12.1 Å². The number of hydrogen-bond acceptors (Lipinski definition) is 5. The molecule has 0 amide bonds. The summed E-state index contributed by atoms with van der Waals surface area (Å²) in [5.74, 6) is 0.942. The zero-order valence-electron chi connectivity index (χ0n) is 11.4. The monoisotopic (exact) mass is 250 g/mol. The predicted octanol–water partition coefficient (Wildman–Crippen LogP) is 1.20. The van der Waals surface area contributed by atoms with Gasteiger partial charge in [-0.2, -0.15) is 5.10 Å². The van der Waals surface area contributed by atoms with Gasteiger partial charge in [-0.15, -0.1) is 5.10 Å². The smallest absolute Gasteiger partial charge is 0.151 e. The standard InChI is InChI=1S/C13H22N4O/c1-13(18-3)7-4-8-17(10-13)12-6-5-11(9-14-2)15-16-12/h5-6,14H,4,7-10H2,1-3H3. The van der Waals surface area contributed by atoms with E-state index < -0.39 is 0 Å². The van der Waals surface area contributed by atoms with Crippen LogP contribution in [0, 0.1) is 0 Å². The summed E-state index contributed by atoms with van der Waals surface area (Å²) in [5.41, 5.74) is 0.900. The van der Waals surface area contributed by atoms with Crippen molar-refractivity contribution in [1.82, 2.24) is 15.5 Å². The lowest BCUT2D eigenvalue weighted by Crippen LogP contribution is -2.47. The molecular weight excluding hydrogens is 228 g/mol. The molecule has 1 fully saturated rings. The van der Waals surface area contributed by atoms with Crippen LogP contribution in [0.4, 0.5) is 5.82 Å². The molecule has 5 heteroatoms. The highest BCUT2D eigenvalue weighted by atomic mass is 16.5. The highest BCUT2D eigenvalue weighted by molar-refractivity contribution is 5.38. The molecule has 1 aromatic heterocycles. The first-order valence-electron chi connectivity index (χ1n) is 6.44. The topological polar surface area (TPSA) is 50.3 Å². The molecule has 1 N–H and O–H groups in total. The van der Waals surface area contributed by atoms with Gasteiger partial charge in [0.2, 0.25) is 0 Å². The number of hydrogen-bond donors (Lipinski definition) is 1. The van der Waals surface area contributed by atoms with Gasteiger partial charge < -0.3 is 15.0 Å². The van der Waals surface area contributed by atoms with Crippen LogP contribution in [0.1, 0.15) is 25.5 Å². The van der Waals surface area contributed by atoms with Gasteiger partial charge in [-0.1, -0.05) is 0 Å². The van der Waals surface area contributed by atoms with Gasteiger partial charge in [-0.05, 0) is 38.9 Å². The van der Waals surface area contributed by atoms with Crippen LogP contribution < -0.4 is 10.2 Å². The summed E-state index contributed by atoms with van der Waals surface area (Å²) in [5, 5.41) is 11.6. The Labute approximate surface area is 109 Å². The molecule has 1 aromatic rings. The van der Waals surface area contributed by atoms with E-state index in [1.807, 2.05) is 19.2 Å². The minimum atomic E-state index is -0.0659. The molecule has 2 heterocycles. The molecule has 0 bridgehead atoms. The van der Waals surface area contributed by atoms with E-state index in [4.69, 9.17) is 4.74 Å². The summed E-state index contributed by atoms with van der Waals surface area (Å²) in [6.45, 7) is 4.81. The van der Waals surface area contributed by atoms with Crippen molar-refractivity contribution in [3.8, 4) is 0 Å². The Morgan fingerprint density at radius 3 is 2.89 bits per heavy atom. The first-order valence-corrected chi connectivity index (χ1v) is 6.44. The summed E-state index contributed by atoms with van der Waals surface area (Å²) < 4.78 is 5.59. The molecular formula is C13H22N4O. The molecule has 100 valence electrons. The average molecular weight is 250 g/mol. The van der Waals surface area contributed by atoms with E-state index in [1.54, 1.807) is 7.11 Å². The minimum absolute atomic E-state index is 0.0659. The minimum Gasteiger partial charge on any atom is -0.377 e. The quantitative estimate of drug-likeness (QED) is 0.870. The SMILES string of the molecule is CNCc1ccc(N2CCCC(C)(OC)C2)nn1. The van der Waals surface area contributed by atoms with Crippen molar-refractivity contribution in [2.75, 3.05) is 32.1 Å². The molecule has 1 saturated heterocycles. The van der Waals surface area contributed by atoms with E-state index in [9.17, 15) is 0 Å². The zero-order valence-corrected chi connectivity index (χ0v) is 11.4. The summed E-state index contributed by atoms with van der Waals surface area (Å²) >= 11 is 0. The number of nitrogens with one attached hydrogen (secondary N) is 1. The first kappa shape index (κ1) is 13.2. The molecule has 0 saturated carbocycles. The second-order valence-corrected chi connectivity index (χ2v) is 5.09. The van der Waals surface area contributed by atoms with Crippen LogP contribution in [0.3, 0.4) is 0 Å². The third-order valence-corrected chi connectivity index (χ3v) is 3.54. The van der Waals surface area contributed by atoms with Crippen LogP contribution in [-0.2, 0) is 11.3 Å². The van der Waals surface area contributed by atoms with Crippen molar-refractivity contribution in [2.45, 2.75) is 31.9 Å². The lowest BCUT2D eigenvalue weighted by Gasteiger charge is -2.39. The number of methoxy groups -OCH3 is 1. The average Bonchev–Trinajstić information content (AvgIpc) is 2.40. The van der Waals surface area contributed by atoms with Crippen molar-refractivity contribution < 1.29 is 4.74 Å². The molecule has 0 radical (unpaired) electrons. The van der Waals surface area contributed by atoms with Gasteiger partial charge in [-0.25, -0.2) is 0 Å². The number of anilines is 1. The summed E-state index contributed by atoms with van der Waals surface area (Å²) in [7, 11) is 3.69. The maximum absolute atomic E-state index is 5.59. The number of nitrogens with zero attached hydrogens (tertiary/aromatic N) is 3. The third-order valence-electron chi connectivity index (χ3n) is 3.54. The molecule has 2 rings (SSSR count). The van der Waals surface area contributed by atoms with Gasteiger partial charge in [0.05, 0.1) is 11.3 Å². The maximum atomic E-state index is 5.59. The summed E-state index contributed by atoms with van der Waals surface area (Å²) in [6, 6.07) is 4.07. The van der Waals surface area contributed by atoms with Crippen molar-refractivity contribution in [2.24, 2.45) is 0 Å². The fourth-order valence-electron chi connectivity index (χ4n) is 2.36. The van der Waals surface area contributed by atoms with E-state index in [2.05, 4.69) is 27.3 Å². The molecule has 0 spiro atoms. The number of ether oxygens (including phenoxy) is 1. The largest absolute Gasteiger partial charge is 0.377 e. The molecule has 18 heavy (non-hydrogen) atoms. The Bertz CT molecular complexity index is 381. The van der Waals surface area contributed by atoms with Crippen LogP contribution >= 0.6 is 0 Å². The second-order valence-electron chi connectivity index (χ2n) is 5.09. The molecule has 5 nitrogen and oxygen atoms in total. The van der Waals surface area contributed by atoms with E-state index in [0.717, 1.165) is 44.0 Å². The lowest BCUT2D eigenvalue weighted by atomic mass is 9.95. The Morgan fingerprint density at radius 1 is 1.44 bits per heavy atom. The Kier molecular flexibility index (Phi) is 4.14. The Balaban J connectivity index is 2.06. The normalized spacial score (nSPS) is 24.3. The fraction of sp³-hybridized carbons (Fsp3) is 0.692. The number of aromatic nitrogens is 2. The Hall–Kier alpha value is -1.20. The van der Waals surface area contributed by atoms with Crippen LogP contribution in [0.2, 0.25) is 0 Å². The van der Waals surface area contributed by atoms with Crippen LogP contribution in [0.25, 0.3) is 0 Å². The number of rotatable bonds is 4. The van der Waals surface area contributed by atoms with Crippen molar-refractivity contribution in [3.63, 3.8) is 0 Å². The van der Waals surface area contributed by atoms with Crippen LogP contribution in [-0.4, -0.2) is 43.0 Å². The van der Waals surface area contributed by atoms with E-state index in [-0.39, 0.29) is 5.60 Å². The highest BCUT2D eigenvalue weighted by Gasteiger charge is 2.31. The van der Waals surface area contributed by atoms with Crippen molar-refractivity contribution in [3.05, 3.63) is 17.8 Å². The number of piperidine rings is 1. The van der Waals surface area contributed by atoms with E-state index in [1.165, 1.54) is 0 Å². The fourth-order valence-corrected chi connectivity index (χ4v) is 2.36. The first-order chi connectivity index (χ1) is 8.67. The van der Waals surface area contributed by atoms with Gasteiger partial charge in [0.1, 0.15) is 0 Å². The highest BCUT2D eigenvalue weighted by Crippen LogP contribution is 2.26. The van der Waals surface area contributed by atoms with Gasteiger partial charge in [0.15, 0.2) is 5.82 Å². The third kappa shape index (κ3) is 2.97. The Morgan fingerprint density at radius 2 is 2.28 bits per heavy atom. The van der Waals surface area contributed by atoms with E-state index in [0.29, 0.717) is 0 Å². The molecule has 1 aliphatic heterocycles. The predicted molar refractivity (Wildman–Crippen MR) is 71.7 cm³/mol. The van der Waals surface area contributed by atoms with E-state index >= 15 is 0 Å². The molecule has 1 atom stereocenters. The van der Waals surface area contributed by atoms with Gasteiger partial charge >= 0.3 is 0 Å². The molecule has 1 unspecified atom stereocenters. The zero-order chi connectivity index (χ0) is 13.0. The molecule has 1 aliphatic rings. The van der Waals surface area contributed by atoms with Gasteiger partial charge in [-0.3, -0.25) is 0 Å². The lowest BCUT2D eigenvalue weighted by molar-refractivity contribution is -0.00484. The van der Waals surface area contributed by atoms with Crippen LogP contribution in [0.5, 0.6) is 0 Å². The molecule has 0 aliphatic carbocycles. The summed E-state index contributed by atoms with van der Waals surface area (Å²) in [6.07, 6.45) is 2.23. The second kappa shape index (κ2) is 5.63. The van der Waals surface area contributed by atoms with Gasteiger partial charge in [0, 0.05) is 26.7 Å². The van der Waals surface area contributed by atoms with Gasteiger partial charge in [0.25, 0.3) is 0 Å². The maximum Gasteiger partial charge on any atom is 0.151 e. The summed E-state index contributed by atoms with van der Waals surface area (Å²) in [4.78, 5) is 2.25.